The summed E-state index contributed by atoms with van der Waals surface area (Å²) in [6.45, 7) is 3.28. The van der Waals surface area contributed by atoms with E-state index < -0.39 is 0 Å². The largest absolute Gasteiger partial charge is 0.326 e. The van der Waals surface area contributed by atoms with Crippen molar-refractivity contribution < 1.29 is 4.79 Å². The summed E-state index contributed by atoms with van der Waals surface area (Å²) in [5.41, 5.74) is 3.93. The van der Waals surface area contributed by atoms with Crippen LogP contribution in [0.2, 0.25) is 0 Å². The van der Waals surface area contributed by atoms with Crippen LogP contribution in [0, 0.1) is 0 Å². The number of aryl methyl sites for hydroxylation is 1. The van der Waals surface area contributed by atoms with Gasteiger partial charge in [-0.05, 0) is 36.5 Å². The van der Waals surface area contributed by atoms with Gasteiger partial charge in [0.05, 0.1) is 6.54 Å². The molecule has 0 unspecified atom stereocenters. The van der Waals surface area contributed by atoms with Gasteiger partial charge in [0.2, 0.25) is 11.9 Å². The Morgan fingerprint density at radius 1 is 1.42 bits per heavy atom. The smallest absolute Gasteiger partial charge is 0.229 e. The Hall–Kier alpha value is -1.84. The number of fused-ring (bicyclic) bond motifs is 1. The Morgan fingerprint density at radius 2 is 2.32 bits per heavy atom. The fourth-order valence-corrected chi connectivity index (χ4v) is 2.85. The van der Waals surface area contributed by atoms with E-state index in [-0.39, 0.29) is 5.91 Å². The van der Waals surface area contributed by atoms with Gasteiger partial charge in [0.1, 0.15) is 0 Å². The van der Waals surface area contributed by atoms with Crippen molar-refractivity contribution in [1.29, 1.82) is 0 Å². The van der Waals surface area contributed by atoms with Crippen LogP contribution in [0.3, 0.4) is 0 Å². The predicted molar refractivity (Wildman–Crippen MR) is 76.4 cm³/mol. The van der Waals surface area contributed by atoms with Crippen molar-refractivity contribution in [2.75, 3.05) is 18.4 Å². The SMILES string of the molecule is CCC(=O)N1CCN=C1Nc1cccc2c1CCC2. The van der Waals surface area contributed by atoms with Gasteiger partial charge >= 0.3 is 0 Å². The Labute approximate surface area is 113 Å². The molecule has 0 saturated carbocycles. The average molecular weight is 257 g/mol. The number of nitrogens with zero attached hydrogens (tertiary/aromatic N) is 2. The van der Waals surface area contributed by atoms with E-state index in [1.807, 2.05) is 6.92 Å². The number of guanidine groups is 1. The molecule has 2 aliphatic rings. The average Bonchev–Trinajstić information content (AvgIpc) is 3.06. The number of anilines is 1. The number of hydrogen-bond acceptors (Lipinski definition) is 3. The lowest BCUT2D eigenvalue weighted by Gasteiger charge is -2.20. The lowest BCUT2D eigenvalue weighted by atomic mass is 10.1. The Kier molecular flexibility index (Phi) is 3.23. The molecular formula is C15H19N3O. The van der Waals surface area contributed by atoms with E-state index in [4.69, 9.17) is 0 Å². The van der Waals surface area contributed by atoms with Gasteiger partial charge in [0.25, 0.3) is 0 Å². The van der Waals surface area contributed by atoms with Crippen LogP contribution in [0.25, 0.3) is 0 Å². The third-order valence-corrected chi connectivity index (χ3v) is 3.84. The van der Waals surface area contributed by atoms with Gasteiger partial charge in [-0.15, -0.1) is 0 Å². The van der Waals surface area contributed by atoms with Gasteiger partial charge in [-0.2, -0.15) is 0 Å². The molecule has 0 radical (unpaired) electrons. The minimum atomic E-state index is 0.135. The fraction of sp³-hybridized carbons (Fsp3) is 0.467. The summed E-state index contributed by atoms with van der Waals surface area (Å²) < 4.78 is 0. The first-order valence-corrected chi connectivity index (χ1v) is 7.02. The molecule has 4 nitrogen and oxygen atoms in total. The maximum absolute atomic E-state index is 11.9. The molecule has 0 aromatic heterocycles. The quantitative estimate of drug-likeness (QED) is 0.882. The minimum Gasteiger partial charge on any atom is -0.326 e. The molecule has 3 rings (SSSR count). The molecule has 0 fully saturated rings. The van der Waals surface area contributed by atoms with Gasteiger partial charge in [-0.3, -0.25) is 14.7 Å². The van der Waals surface area contributed by atoms with Crippen LogP contribution in [0.5, 0.6) is 0 Å². The number of benzene rings is 1. The third-order valence-electron chi connectivity index (χ3n) is 3.84. The van der Waals surface area contributed by atoms with E-state index in [9.17, 15) is 4.79 Å². The second-order valence-electron chi connectivity index (χ2n) is 5.03. The Balaban J connectivity index is 1.82. The van der Waals surface area contributed by atoms with Crippen molar-refractivity contribution in [2.24, 2.45) is 4.99 Å². The molecule has 0 spiro atoms. The van der Waals surface area contributed by atoms with Crippen LogP contribution in [0.4, 0.5) is 5.69 Å². The molecule has 0 bridgehead atoms. The molecular weight excluding hydrogens is 238 g/mol. The summed E-state index contributed by atoms with van der Waals surface area (Å²) in [4.78, 5) is 18.0. The molecule has 1 aromatic rings. The molecule has 1 aromatic carbocycles. The van der Waals surface area contributed by atoms with E-state index in [1.165, 1.54) is 17.5 Å². The zero-order valence-electron chi connectivity index (χ0n) is 11.3. The van der Waals surface area contributed by atoms with E-state index in [0.717, 1.165) is 18.5 Å². The van der Waals surface area contributed by atoms with E-state index >= 15 is 0 Å². The lowest BCUT2D eigenvalue weighted by molar-refractivity contribution is -0.126. The van der Waals surface area contributed by atoms with Crippen LogP contribution < -0.4 is 5.32 Å². The number of carbonyl (C=O) groups excluding carboxylic acids is 1. The standard InChI is InChI=1S/C15H19N3O/c1-2-14(19)18-10-9-16-15(18)17-13-8-4-6-11-5-3-7-12(11)13/h4,6,8H,2-3,5,7,9-10H2,1H3,(H,16,17). The number of amides is 1. The topological polar surface area (TPSA) is 44.7 Å². The highest BCUT2D eigenvalue weighted by Gasteiger charge is 2.24. The number of carbonyl (C=O) groups is 1. The molecule has 4 heteroatoms. The summed E-state index contributed by atoms with van der Waals surface area (Å²) in [5.74, 6) is 0.850. The highest BCUT2D eigenvalue weighted by Crippen LogP contribution is 2.29. The van der Waals surface area contributed by atoms with E-state index in [2.05, 4.69) is 28.5 Å². The van der Waals surface area contributed by atoms with Crippen LogP contribution in [0.15, 0.2) is 23.2 Å². The number of nitrogens with one attached hydrogen (secondary N) is 1. The molecule has 19 heavy (non-hydrogen) atoms. The van der Waals surface area contributed by atoms with E-state index in [0.29, 0.717) is 25.5 Å². The van der Waals surface area contributed by atoms with Gasteiger partial charge in [-0.25, -0.2) is 0 Å². The normalized spacial score (nSPS) is 17.3. The fourth-order valence-electron chi connectivity index (χ4n) is 2.85. The number of rotatable bonds is 2. The van der Waals surface area contributed by atoms with Crippen molar-refractivity contribution in [3.05, 3.63) is 29.3 Å². The van der Waals surface area contributed by atoms with Gasteiger partial charge in [0, 0.05) is 18.7 Å². The first kappa shape index (κ1) is 12.2. The van der Waals surface area contributed by atoms with Crippen molar-refractivity contribution >= 4 is 17.6 Å². The van der Waals surface area contributed by atoms with Crippen molar-refractivity contribution in [1.82, 2.24) is 4.90 Å². The maximum Gasteiger partial charge on any atom is 0.229 e. The lowest BCUT2D eigenvalue weighted by Crippen LogP contribution is -2.38. The van der Waals surface area contributed by atoms with Gasteiger partial charge < -0.3 is 5.32 Å². The molecule has 1 aliphatic carbocycles. The minimum absolute atomic E-state index is 0.135. The molecule has 100 valence electrons. The molecule has 1 aliphatic heterocycles. The summed E-state index contributed by atoms with van der Waals surface area (Å²) in [7, 11) is 0. The highest BCUT2D eigenvalue weighted by molar-refractivity contribution is 6.05. The second-order valence-corrected chi connectivity index (χ2v) is 5.03. The molecule has 1 amide bonds. The third kappa shape index (κ3) is 2.23. The summed E-state index contributed by atoms with van der Waals surface area (Å²) in [6.07, 6.45) is 4.02. The zero-order valence-corrected chi connectivity index (χ0v) is 11.3. The van der Waals surface area contributed by atoms with Gasteiger partial charge in [0.15, 0.2) is 0 Å². The van der Waals surface area contributed by atoms with Crippen molar-refractivity contribution in [2.45, 2.75) is 32.6 Å². The van der Waals surface area contributed by atoms with Gasteiger partial charge in [-0.1, -0.05) is 19.1 Å². The van der Waals surface area contributed by atoms with Crippen LogP contribution in [-0.4, -0.2) is 29.9 Å². The second kappa shape index (κ2) is 5.03. The first-order valence-electron chi connectivity index (χ1n) is 7.02. The van der Waals surface area contributed by atoms with Crippen molar-refractivity contribution in [3.63, 3.8) is 0 Å². The number of aliphatic imine (C=N–C) groups is 1. The molecule has 0 saturated heterocycles. The predicted octanol–water partition coefficient (Wildman–Crippen LogP) is 2.20. The summed E-state index contributed by atoms with van der Waals surface area (Å²) in [6, 6.07) is 6.35. The molecule has 1 heterocycles. The summed E-state index contributed by atoms with van der Waals surface area (Å²) in [5, 5.41) is 3.36. The molecule has 0 atom stereocenters. The maximum atomic E-state index is 11.9. The Morgan fingerprint density at radius 3 is 3.16 bits per heavy atom. The van der Waals surface area contributed by atoms with Crippen LogP contribution >= 0.6 is 0 Å². The zero-order chi connectivity index (χ0) is 13.2. The van der Waals surface area contributed by atoms with Crippen molar-refractivity contribution in [3.8, 4) is 0 Å². The Bertz CT molecular complexity index is 536. The first-order chi connectivity index (χ1) is 9.29. The van der Waals surface area contributed by atoms with Crippen LogP contribution in [-0.2, 0) is 17.6 Å². The monoisotopic (exact) mass is 257 g/mol. The highest BCUT2D eigenvalue weighted by atomic mass is 16.2. The summed E-state index contributed by atoms with van der Waals surface area (Å²) >= 11 is 0. The molecule has 1 N–H and O–H groups in total. The number of hydrogen-bond donors (Lipinski definition) is 1. The van der Waals surface area contributed by atoms with E-state index in [1.54, 1.807) is 4.90 Å². The van der Waals surface area contributed by atoms with Crippen LogP contribution in [0.1, 0.15) is 30.9 Å².